The summed E-state index contributed by atoms with van der Waals surface area (Å²) in [4.78, 5) is 22.8. The summed E-state index contributed by atoms with van der Waals surface area (Å²) in [5.41, 5.74) is 0. The number of ketones is 1. The maximum Gasteiger partial charge on any atom is 0.519 e. The molecule has 0 bridgehead atoms. The van der Waals surface area contributed by atoms with E-state index in [9.17, 15) is 14.7 Å². The van der Waals surface area contributed by atoms with Gasteiger partial charge in [0, 0.05) is 25.7 Å². The Balaban J connectivity index is 2.82. The van der Waals surface area contributed by atoms with Gasteiger partial charge in [0.25, 0.3) is 0 Å². The molecule has 2 atom stereocenters. The number of nitrogens with zero attached hydrogens (tertiary/aromatic N) is 1. The van der Waals surface area contributed by atoms with Crippen LogP contribution in [0.3, 0.4) is 0 Å². The van der Waals surface area contributed by atoms with Crippen molar-refractivity contribution >= 4 is 29.1 Å². The van der Waals surface area contributed by atoms with Crippen molar-refractivity contribution in [2.24, 2.45) is 0 Å². The molecule has 1 rings (SSSR count). The predicted octanol–water partition coefficient (Wildman–Crippen LogP) is 2.36. The zero-order valence-electron chi connectivity index (χ0n) is 9.73. The summed E-state index contributed by atoms with van der Waals surface area (Å²) >= 11 is 5.24. The summed E-state index contributed by atoms with van der Waals surface area (Å²) in [6.07, 6.45) is 1.64. The van der Waals surface area contributed by atoms with Crippen LogP contribution in [0.2, 0.25) is 0 Å². The fraction of sp³-hybridized carbons (Fsp3) is 0.727. The first kappa shape index (κ1) is 13.3. The van der Waals surface area contributed by atoms with Gasteiger partial charge in [-0.2, -0.15) is 9.28 Å². The molecule has 0 radical (unpaired) electrons. The van der Waals surface area contributed by atoms with Gasteiger partial charge >= 0.3 is 6.09 Å². The van der Waals surface area contributed by atoms with Crippen molar-refractivity contribution in [1.29, 1.82) is 0 Å². The molecule has 0 aromatic carbocycles. The van der Waals surface area contributed by atoms with Crippen LogP contribution >= 0.6 is 12.2 Å². The maximum absolute atomic E-state index is 11.4. The number of thiocarbonyl (C=S) groups is 1. The Kier molecular flexibility index (Phi) is 4.15. The van der Waals surface area contributed by atoms with Crippen LogP contribution in [-0.4, -0.2) is 39.0 Å². The van der Waals surface area contributed by atoms with Crippen LogP contribution in [0.15, 0.2) is 0 Å². The van der Waals surface area contributed by atoms with Gasteiger partial charge in [0.05, 0.1) is 6.54 Å². The molecule has 1 fully saturated rings. The minimum absolute atomic E-state index is 0.0250. The number of hydrogen-bond acceptors (Lipinski definition) is 3. The van der Waals surface area contributed by atoms with Crippen LogP contribution < -0.4 is 0 Å². The van der Waals surface area contributed by atoms with Gasteiger partial charge in [0.15, 0.2) is 4.99 Å². The van der Waals surface area contributed by atoms with Gasteiger partial charge in [-0.1, -0.05) is 0 Å². The Morgan fingerprint density at radius 3 is 2.44 bits per heavy atom. The van der Waals surface area contributed by atoms with Gasteiger partial charge in [-0.15, -0.1) is 0 Å². The molecular formula is C11H18NO3S+. The lowest BCUT2D eigenvalue weighted by Gasteiger charge is -2.32. The third kappa shape index (κ3) is 2.30. The number of carbonyl (C=O) groups is 2. The molecule has 1 heterocycles. The standard InChI is InChI=1S/C11H17NO3S/c1-8-4-3-7-12(8,11(14)15)10(16)6-5-9(2)13/h8H,3-7H2,1-2H3/p+1/t8-,12?/m1/s1. The molecule has 1 aliphatic heterocycles. The summed E-state index contributed by atoms with van der Waals surface area (Å²) in [6.45, 7) is 3.98. The van der Waals surface area contributed by atoms with E-state index in [1.807, 2.05) is 6.92 Å². The molecule has 16 heavy (non-hydrogen) atoms. The van der Waals surface area contributed by atoms with Crippen LogP contribution in [0.4, 0.5) is 4.79 Å². The lowest BCUT2D eigenvalue weighted by atomic mass is 10.2. The fourth-order valence-electron chi connectivity index (χ4n) is 2.32. The zero-order valence-corrected chi connectivity index (χ0v) is 10.5. The van der Waals surface area contributed by atoms with Crippen LogP contribution in [0.1, 0.15) is 39.5 Å². The first-order valence-electron chi connectivity index (χ1n) is 5.55. The molecule has 1 aliphatic rings. The quantitative estimate of drug-likeness (QED) is 0.611. The molecular weight excluding hydrogens is 226 g/mol. The average molecular weight is 244 g/mol. The van der Waals surface area contributed by atoms with Crippen molar-refractivity contribution in [2.45, 2.75) is 45.6 Å². The molecule has 0 spiro atoms. The van der Waals surface area contributed by atoms with E-state index in [2.05, 4.69) is 0 Å². The highest BCUT2D eigenvalue weighted by atomic mass is 32.1. The van der Waals surface area contributed by atoms with Gasteiger partial charge in [-0.05, 0) is 26.1 Å². The van der Waals surface area contributed by atoms with Gasteiger partial charge in [0.2, 0.25) is 0 Å². The summed E-state index contributed by atoms with van der Waals surface area (Å²) in [7, 11) is 0. The lowest BCUT2D eigenvalue weighted by molar-refractivity contribution is -0.776. The molecule has 1 saturated heterocycles. The molecule has 1 amide bonds. The zero-order chi connectivity index (χ0) is 12.3. The highest BCUT2D eigenvalue weighted by molar-refractivity contribution is 7.80. The number of carbonyl (C=O) groups excluding carboxylic acids is 1. The van der Waals surface area contributed by atoms with Gasteiger partial charge in [-0.3, -0.25) is 0 Å². The molecule has 5 heteroatoms. The third-order valence-electron chi connectivity index (χ3n) is 3.36. The Morgan fingerprint density at radius 2 is 2.06 bits per heavy atom. The first-order chi connectivity index (χ1) is 7.41. The SMILES string of the molecule is CC(=O)CCC(=S)[N+]1(C(=O)O)CCC[C@H]1C. The topological polar surface area (TPSA) is 54.4 Å². The number of hydrogen-bond donors (Lipinski definition) is 1. The highest BCUT2D eigenvalue weighted by Crippen LogP contribution is 2.29. The van der Waals surface area contributed by atoms with Crippen LogP contribution in [0, 0.1) is 0 Å². The number of carboxylic acid groups (broad SMARTS) is 1. The van der Waals surface area contributed by atoms with Crippen LogP contribution in [0.25, 0.3) is 0 Å². The molecule has 0 aliphatic carbocycles. The molecule has 0 aromatic heterocycles. The van der Waals surface area contributed by atoms with Crippen molar-refractivity contribution in [3.05, 3.63) is 0 Å². The number of Topliss-reactive ketones (excluding diaryl/α,β-unsaturated/α-hetero) is 1. The molecule has 90 valence electrons. The largest absolute Gasteiger partial charge is 0.519 e. The number of quaternary nitrogens is 1. The second-order valence-corrected chi connectivity index (χ2v) is 4.93. The number of likely N-dealkylation sites (tertiary alicyclic amines) is 1. The monoisotopic (exact) mass is 244 g/mol. The third-order valence-corrected chi connectivity index (χ3v) is 3.89. The van der Waals surface area contributed by atoms with Crippen molar-refractivity contribution in [2.75, 3.05) is 6.54 Å². The maximum atomic E-state index is 11.4. The van der Waals surface area contributed by atoms with Crippen molar-refractivity contribution in [3.63, 3.8) is 0 Å². The van der Waals surface area contributed by atoms with E-state index in [1.54, 1.807) is 0 Å². The summed E-state index contributed by atoms with van der Waals surface area (Å²) in [6, 6.07) is 0.0250. The van der Waals surface area contributed by atoms with Gasteiger partial charge in [0.1, 0.15) is 11.8 Å². The Labute approximate surface area is 101 Å². The van der Waals surface area contributed by atoms with E-state index in [4.69, 9.17) is 12.2 Å². The van der Waals surface area contributed by atoms with Crippen molar-refractivity contribution in [3.8, 4) is 0 Å². The first-order valence-corrected chi connectivity index (χ1v) is 5.96. The van der Waals surface area contributed by atoms with Crippen molar-refractivity contribution < 1.29 is 19.2 Å². The molecule has 1 unspecified atom stereocenters. The lowest BCUT2D eigenvalue weighted by Crippen LogP contribution is -2.57. The van der Waals surface area contributed by atoms with Gasteiger partial charge < -0.3 is 9.90 Å². The second kappa shape index (κ2) is 5.01. The molecule has 0 aromatic rings. The average Bonchev–Trinajstić information content (AvgIpc) is 2.57. The minimum Gasteiger partial charge on any atom is -0.435 e. The Hall–Kier alpha value is -0.810. The van der Waals surface area contributed by atoms with E-state index in [0.717, 1.165) is 12.8 Å². The van der Waals surface area contributed by atoms with Crippen molar-refractivity contribution in [1.82, 2.24) is 0 Å². The summed E-state index contributed by atoms with van der Waals surface area (Å²) in [5, 5.41) is 9.37. The van der Waals surface area contributed by atoms with E-state index < -0.39 is 6.09 Å². The van der Waals surface area contributed by atoms with E-state index in [1.165, 1.54) is 6.92 Å². The second-order valence-electron chi connectivity index (χ2n) is 4.46. The summed E-state index contributed by atoms with van der Waals surface area (Å²) < 4.78 is -0.122. The van der Waals surface area contributed by atoms with Crippen LogP contribution in [0.5, 0.6) is 0 Å². The fourth-order valence-corrected chi connectivity index (χ4v) is 2.77. The smallest absolute Gasteiger partial charge is 0.435 e. The van der Waals surface area contributed by atoms with E-state index >= 15 is 0 Å². The number of rotatable bonds is 3. The summed E-state index contributed by atoms with van der Waals surface area (Å²) in [5.74, 6) is 0.0535. The van der Waals surface area contributed by atoms with Gasteiger partial charge in [-0.25, -0.2) is 0 Å². The molecule has 0 saturated carbocycles. The van der Waals surface area contributed by atoms with Crippen LogP contribution in [-0.2, 0) is 4.79 Å². The molecule has 4 nitrogen and oxygen atoms in total. The van der Waals surface area contributed by atoms with E-state index in [-0.39, 0.29) is 16.3 Å². The number of amides is 1. The minimum atomic E-state index is -0.876. The van der Waals surface area contributed by atoms with E-state index in [0.29, 0.717) is 24.4 Å². The highest BCUT2D eigenvalue weighted by Gasteiger charge is 2.49. The Morgan fingerprint density at radius 1 is 1.44 bits per heavy atom. The Bertz CT molecular complexity index is 329. The normalized spacial score (nSPS) is 29.0. The molecule has 1 N–H and O–H groups in total. The predicted molar refractivity (Wildman–Crippen MR) is 64.4 cm³/mol.